The number of alkyl halides is 3. The fraction of sp³-hybridized carbons (Fsp3) is 0.474. The van der Waals surface area contributed by atoms with Gasteiger partial charge in [-0.2, -0.15) is 18.4 Å². The zero-order valence-corrected chi connectivity index (χ0v) is 16.6. The summed E-state index contributed by atoms with van der Waals surface area (Å²) in [7, 11) is 0. The predicted octanol–water partition coefficient (Wildman–Crippen LogP) is 4.39. The summed E-state index contributed by atoms with van der Waals surface area (Å²) in [5.74, 6) is -0.218. The first-order valence-corrected chi connectivity index (χ1v) is 9.02. The quantitative estimate of drug-likeness (QED) is 0.654. The Labute approximate surface area is 171 Å². The molecule has 162 valence electrons. The van der Waals surface area contributed by atoms with E-state index in [1.807, 2.05) is 0 Å². The predicted molar refractivity (Wildman–Crippen MR) is 97.3 cm³/mol. The zero-order valence-electron chi connectivity index (χ0n) is 16.6. The van der Waals surface area contributed by atoms with E-state index in [1.165, 1.54) is 12.3 Å². The molecule has 0 bridgehead atoms. The van der Waals surface area contributed by atoms with Crippen LogP contribution in [0.1, 0.15) is 56.7 Å². The second kappa shape index (κ2) is 9.47. The Balaban J connectivity index is 2.09. The molecule has 0 fully saturated rings. The van der Waals surface area contributed by atoms with Crippen molar-refractivity contribution in [3.8, 4) is 11.9 Å². The van der Waals surface area contributed by atoms with Crippen LogP contribution in [0.2, 0.25) is 0 Å². The van der Waals surface area contributed by atoms with Crippen molar-refractivity contribution in [2.24, 2.45) is 0 Å². The molecule has 30 heavy (non-hydrogen) atoms. The smallest absolute Gasteiger partial charge is 0.433 e. The number of nitrogens with one attached hydrogen (secondary N) is 1. The third-order valence-electron chi connectivity index (χ3n) is 3.61. The molecule has 2 aromatic heterocycles. The van der Waals surface area contributed by atoms with Gasteiger partial charge in [0.1, 0.15) is 22.9 Å². The standard InChI is InChI=1S/C19H21F3N4O4/c1-18(2,3)29-17(27)24-9-4-5-13(14-8-10-25-30-14)28-16-12(11-23)6-7-15(26-16)19(20,21)22/h6-8,10,13H,4-5,9H2,1-3H3,(H,24,27). The molecule has 0 aliphatic heterocycles. The van der Waals surface area contributed by atoms with Crippen LogP contribution in [0.5, 0.6) is 5.88 Å². The number of pyridine rings is 1. The van der Waals surface area contributed by atoms with Crippen LogP contribution in [-0.2, 0) is 10.9 Å². The van der Waals surface area contributed by atoms with E-state index in [1.54, 1.807) is 26.8 Å². The van der Waals surface area contributed by atoms with Crippen LogP contribution >= 0.6 is 0 Å². The highest BCUT2D eigenvalue weighted by molar-refractivity contribution is 5.67. The van der Waals surface area contributed by atoms with Gasteiger partial charge in [-0.25, -0.2) is 9.78 Å². The summed E-state index contributed by atoms with van der Waals surface area (Å²) >= 11 is 0. The van der Waals surface area contributed by atoms with E-state index in [-0.39, 0.29) is 24.3 Å². The third kappa shape index (κ3) is 6.95. The van der Waals surface area contributed by atoms with E-state index in [4.69, 9.17) is 14.0 Å². The summed E-state index contributed by atoms with van der Waals surface area (Å²) in [4.78, 5) is 15.1. The van der Waals surface area contributed by atoms with E-state index in [9.17, 15) is 23.2 Å². The van der Waals surface area contributed by atoms with Gasteiger partial charge in [-0.1, -0.05) is 5.16 Å². The number of nitriles is 1. The Kier molecular flexibility index (Phi) is 7.26. The van der Waals surface area contributed by atoms with Crippen molar-refractivity contribution in [3.05, 3.63) is 41.4 Å². The lowest BCUT2D eigenvalue weighted by Crippen LogP contribution is -2.33. The van der Waals surface area contributed by atoms with E-state index in [0.29, 0.717) is 12.5 Å². The van der Waals surface area contributed by atoms with Gasteiger partial charge in [-0.05, 0) is 45.7 Å². The minimum absolute atomic E-state index is 0.153. The van der Waals surface area contributed by atoms with E-state index in [0.717, 1.165) is 6.07 Å². The molecule has 0 radical (unpaired) electrons. The molecular formula is C19H21F3N4O4. The molecule has 0 saturated heterocycles. The van der Waals surface area contributed by atoms with Gasteiger partial charge >= 0.3 is 12.3 Å². The summed E-state index contributed by atoms with van der Waals surface area (Å²) in [6, 6.07) is 4.95. The molecule has 0 spiro atoms. The third-order valence-corrected chi connectivity index (χ3v) is 3.61. The van der Waals surface area contributed by atoms with Crippen molar-refractivity contribution in [2.75, 3.05) is 6.54 Å². The highest BCUT2D eigenvalue weighted by Crippen LogP contribution is 2.32. The Hall–Kier alpha value is -3.29. The van der Waals surface area contributed by atoms with Crippen LogP contribution in [-0.4, -0.2) is 28.4 Å². The highest BCUT2D eigenvalue weighted by atomic mass is 19.4. The largest absolute Gasteiger partial charge is 0.465 e. The molecule has 1 unspecified atom stereocenters. The molecule has 0 aliphatic carbocycles. The summed E-state index contributed by atoms with van der Waals surface area (Å²) in [6.45, 7) is 5.42. The molecule has 11 heteroatoms. The molecule has 2 heterocycles. The Bertz CT molecular complexity index is 887. The molecule has 2 aromatic rings. The number of alkyl carbamates (subject to hydrolysis) is 1. The first-order valence-electron chi connectivity index (χ1n) is 9.02. The lowest BCUT2D eigenvalue weighted by molar-refractivity contribution is -0.141. The van der Waals surface area contributed by atoms with Crippen molar-refractivity contribution < 1.29 is 32.0 Å². The second-order valence-corrected chi connectivity index (χ2v) is 7.25. The number of hydrogen-bond acceptors (Lipinski definition) is 7. The van der Waals surface area contributed by atoms with E-state index in [2.05, 4.69) is 15.5 Å². The Morgan fingerprint density at radius 3 is 2.60 bits per heavy atom. The number of halogens is 3. The average molecular weight is 426 g/mol. The normalized spacial score (nSPS) is 12.7. The lowest BCUT2D eigenvalue weighted by atomic mass is 10.1. The number of hydrogen-bond donors (Lipinski definition) is 1. The molecule has 0 saturated carbocycles. The number of rotatable bonds is 7. The van der Waals surface area contributed by atoms with Crippen LogP contribution in [0, 0.1) is 11.3 Å². The summed E-state index contributed by atoms with van der Waals surface area (Å²) in [5.41, 5.74) is -1.97. The molecule has 1 atom stereocenters. The maximum absolute atomic E-state index is 13.0. The summed E-state index contributed by atoms with van der Waals surface area (Å²) < 4.78 is 54.7. The number of carbonyl (C=O) groups excluding carboxylic acids is 1. The van der Waals surface area contributed by atoms with Crippen molar-refractivity contribution >= 4 is 6.09 Å². The molecule has 1 amide bonds. The maximum Gasteiger partial charge on any atom is 0.433 e. The van der Waals surface area contributed by atoms with Crippen molar-refractivity contribution in [1.29, 1.82) is 5.26 Å². The van der Waals surface area contributed by atoms with Crippen LogP contribution in [0.4, 0.5) is 18.0 Å². The fourth-order valence-electron chi connectivity index (χ4n) is 2.35. The van der Waals surface area contributed by atoms with Gasteiger partial charge in [-0.15, -0.1) is 0 Å². The SMILES string of the molecule is CC(C)(C)OC(=O)NCCCC(Oc1nc(C(F)(F)F)ccc1C#N)c1ccno1. The van der Waals surface area contributed by atoms with Gasteiger partial charge in [0.05, 0.1) is 6.20 Å². The van der Waals surface area contributed by atoms with Gasteiger partial charge in [0, 0.05) is 12.6 Å². The van der Waals surface area contributed by atoms with Gasteiger partial charge in [0.15, 0.2) is 11.9 Å². The molecule has 2 rings (SSSR count). The van der Waals surface area contributed by atoms with Gasteiger partial charge in [0.2, 0.25) is 5.88 Å². The van der Waals surface area contributed by atoms with Crippen molar-refractivity contribution in [2.45, 2.75) is 51.5 Å². The molecule has 0 aromatic carbocycles. The second-order valence-electron chi connectivity index (χ2n) is 7.25. The summed E-state index contributed by atoms with van der Waals surface area (Å²) in [5, 5.41) is 15.3. The highest BCUT2D eigenvalue weighted by Gasteiger charge is 2.34. The van der Waals surface area contributed by atoms with Gasteiger partial charge < -0.3 is 19.3 Å². The first kappa shape index (κ1) is 23.0. The van der Waals surface area contributed by atoms with Crippen LogP contribution in [0.15, 0.2) is 28.9 Å². The lowest BCUT2D eigenvalue weighted by Gasteiger charge is -2.20. The molecular weight excluding hydrogens is 405 g/mol. The number of ether oxygens (including phenoxy) is 2. The Morgan fingerprint density at radius 1 is 1.30 bits per heavy atom. The van der Waals surface area contributed by atoms with Crippen molar-refractivity contribution in [3.63, 3.8) is 0 Å². The number of nitrogens with zero attached hydrogens (tertiary/aromatic N) is 3. The molecule has 1 N–H and O–H groups in total. The van der Waals surface area contributed by atoms with Crippen LogP contribution in [0.25, 0.3) is 0 Å². The van der Waals surface area contributed by atoms with E-state index < -0.39 is 35.5 Å². The average Bonchev–Trinajstić information content (AvgIpc) is 3.16. The monoisotopic (exact) mass is 426 g/mol. The maximum atomic E-state index is 13.0. The minimum atomic E-state index is -4.69. The number of amides is 1. The van der Waals surface area contributed by atoms with Crippen LogP contribution in [0.3, 0.4) is 0 Å². The first-order chi connectivity index (χ1) is 14.0. The minimum Gasteiger partial charge on any atom is -0.465 e. The molecule has 8 nitrogen and oxygen atoms in total. The summed E-state index contributed by atoms with van der Waals surface area (Å²) in [6.07, 6.45) is -4.17. The van der Waals surface area contributed by atoms with Crippen LogP contribution < -0.4 is 10.1 Å². The van der Waals surface area contributed by atoms with Gasteiger partial charge in [0.25, 0.3) is 0 Å². The van der Waals surface area contributed by atoms with E-state index >= 15 is 0 Å². The number of aromatic nitrogens is 2. The zero-order chi connectivity index (χ0) is 22.4. The number of carbonyl (C=O) groups is 1. The molecule has 0 aliphatic rings. The van der Waals surface area contributed by atoms with Crippen molar-refractivity contribution in [1.82, 2.24) is 15.5 Å². The fourth-order valence-corrected chi connectivity index (χ4v) is 2.35. The topological polar surface area (TPSA) is 110 Å². The Morgan fingerprint density at radius 2 is 2.03 bits per heavy atom. The van der Waals surface area contributed by atoms with Gasteiger partial charge in [-0.3, -0.25) is 0 Å².